The Balaban J connectivity index is 3.02. The van der Waals surface area contributed by atoms with Crippen molar-refractivity contribution < 1.29 is 4.74 Å². The monoisotopic (exact) mass is 206 g/mol. The summed E-state index contributed by atoms with van der Waals surface area (Å²) in [5, 5.41) is 1.91. The summed E-state index contributed by atoms with van der Waals surface area (Å²) in [5.41, 5.74) is 5.24. The van der Waals surface area contributed by atoms with Gasteiger partial charge in [-0.3, -0.25) is 0 Å². The Labute approximate surface area is 91.3 Å². The van der Waals surface area contributed by atoms with Crippen LogP contribution >= 0.6 is 0 Å². The lowest BCUT2D eigenvalue weighted by molar-refractivity contribution is 0.478. The Morgan fingerprint density at radius 2 is 2.13 bits per heavy atom. The molecule has 3 nitrogen and oxygen atoms in total. The molecule has 0 saturated heterocycles. The van der Waals surface area contributed by atoms with Crippen LogP contribution in [0.15, 0.2) is 30.5 Å². The molecular formula is C12H18N2O. The van der Waals surface area contributed by atoms with E-state index in [-0.39, 0.29) is 0 Å². The number of hydrogen-bond acceptors (Lipinski definition) is 3. The van der Waals surface area contributed by atoms with E-state index in [9.17, 15) is 0 Å². The fourth-order valence-corrected chi connectivity index (χ4v) is 1.25. The normalized spacial score (nSPS) is 10.7. The molecule has 1 rings (SSSR count). The fraction of sp³-hybridized carbons (Fsp3) is 0.333. The highest BCUT2D eigenvalue weighted by molar-refractivity contribution is 5.58. The largest absolute Gasteiger partial charge is 0.463 e. The number of nitrogens with one attached hydrogen (secondary N) is 1. The van der Waals surface area contributed by atoms with Gasteiger partial charge < -0.3 is 9.75 Å². The molecule has 0 aromatic heterocycles. The van der Waals surface area contributed by atoms with Gasteiger partial charge in [0.2, 0.25) is 0 Å². The molecule has 1 aromatic carbocycles. The van der Waals surface area contributed by atoms with Crippen molar-refractivity contribution in [2.24, 2.45) is 0 Å². The predicted molar refractivity (Wildman–Crippen MR) is 64.1 cm³/mol. The highest BCUT2D eigenvalue weighted by atomic mass is 16.5. The van der Waals surface area contributed by atoms with Crippen molar-refractivity contribution in [3.8, 4) is 5.75 Å². The molecule has 1 N–H and O–H groups in total. The minimum Gasteiger partial charge on any atom is -0.463 e. The lowest BCUT2D eigenvalue weighted by Crippen LogP contribution is -2.30. The molecular weight excluding hydrogens is 188 g/mol. The molecule has 0 atom stereocenters. The van der Waals surface area contributed by atoms with E-state index in [4.69, 9.17) is 4.74 Å². The maximum absolute atomic E-state index is 5.53. The third-order valence-corrected chi connectivity index (χ3v) is 2.14. The Kier molecular flexibility index (Phi) is 4.18. The van der Waals surface area contributed by atoms with E-state index >= 15 is 0 Å². The number of aryl methyl sites for hydroxylation is 1. The molecule has 0 unspecified atom stereocenters. The molecule has 0 spiro atoms. The molecule has 1 aromatic rings. The Hall–Kier alpha value is -1.48. The summed E-state index contributed by atoms with van der Waals surface area (Å²) < 4.78 is 5.53. The van der Waals surface area contributed by atoms with Crippen molar-refractivity contribution in [1.29, 1.82) is 0 Å². The quantitative estimate of drug-likeness (QED) is 0.605. The zero-order chi connectivity index (χ0) is 11.3. The van der Waals surface area contributed by atoms with Gasteiger partial charge in [-0.05, 0) is 31.5 Å². The van der Waals surface area contributed by atoms with Crippen LogP contribution in [-0.4, -0.2) is 14.1 Å². The van der Waals surface area contributed by atoms with Crippen LogP contribution in [0.5, 0.6) is 5.75 Å². The number of hydrogen-bond donors (Lipinski definition) is 1. The van der Waals surface area contributed by atoms with Gasteiger partial charge in [-0.25, -0.2) is 5.43 Å². The van der Waals surface area contributed by atoms with Crippen LogP contribution in [0.25, 0.3) is 0 Å². The molecule has 0 heterocycles. The van der Waals surface area contributed by atoms with Crippen molar-refractivity contribution in [1.82, 2.24) is 5.43 Å². The molecule has 0 bridgehead atoms. The number of rotatable bonds is 4. The molecule has 0 saturated carbocycles. The van der Waals surface area contributed by atoms with E-state index < -0.39 is 0 Å². The second kappa shape index (κ2) is 5.41. The van der Waals surface area contributed by atoms with Gasteiger partial charge in [0.25, 0.3) is 0 Å². The molecule has 15 heavy (non-hydrogen) atoms. The van der Waals surface area contributed by atoms with Crippen LogP contribution in [0, 0.1) is 6.92 Å². The summed E-state index contributed by atoms with van der Waals surface area (Å²) >= 11 is 0. The number of allylic oxidation sites excluding steroid dienone is 1. The van der Waals surface area contributed by atoms with Crippen LogP contribution in [0.2, 0.25) is 0 Å². The minimum absolute atomic E-state index is 0.852. The van der Waals surface area contributed by atoms with Gasteiger partial charge in [0.05, 0.1) is 11.9 Å². The third kappa shape index (κ3) is 2.99. The summed E-state index contributed by atoms with van der Waals surface area (Å²) in [7, 11) is 3.83. The Morgan fingerprint density at radius 1 is 1.40 bits per heavy atom. The maximum Gasteiger partial charge on any atom is 0.151 e. The molecule has 0 aliphatic heterocycles. The first-order valence-electron chi connectivity index (χ1n) is 4.98. The van der Waals surface area contributed by atoms with E-state index in [2.05, 4.69) is 11.5 Å². The number of ether oxygens (including phenoxy) is 1. The van der Waals surface area contributed by atoms with Gasteiger partial charge in [0, 0.05) is 14.1 Å². The van der Waals surface area contributed by atoms with Crippen molar-refractivity contribution in [3.63, 3.8) is 0 Å². The average molecular weight is 206 g/mol. The minimum atomic E-state index is 0.852. The number of nitrogens with zero attached hydrogens (tertiary/aromatic N) is 1. The van der Waals surface area contributed by atoms with Crippen molar-refractivity contribution in [3.05, 3.63) is 36.1 Å². The molecule has 0 aliphatic carbocycles. The second-order valence-corrected chi connectivity index (χ2v) is 3.34. The second-order valence-electron chi connectivity index (χ2n) is 3.34. The summed E-state index contributed by atoms with van der Waals surface area (Å²) in [4.78, 5) is 0. The number of anilines is 1. The van der Waals surface area contributed by atoms with Gasteiger partial charge >= 0.3 is 0 Å². The highest BCUT2D eigenvalue weighted by Gasteiger charge is 2.06. The van der Waals surface area contributed by atoms with Crippen molar-refractivity contribution in [2.45, 2.75) is 13.8 Å². The summed E-state index contributed by atoms with van der Waals surface area (Å²) in [6, 6.07) is 6.11. The number of hydrazine groups is 1. The van der Waals surface area contributed by atoms with Crippen LogP contribution in [-0.2, 0) is 0 Å². The van der Waals surface area contributed by atoms with Gasteiger partial charge in [0.1, 0.15) is 0 Å². The molecule has 0 fully saturated rings. The summed E-state index contributed by atoms with van der Waals surface area (Å²) in [5.74, 6) is 0.852. The maximum atomic E-state index is 5.53. The fourth-order valence-electron chi connectivity index (χ4n) is 1.25. The van der Waals surface area contributed by atoms with Crippen LogP contribution in [0.3, 0.4) is 0 Å². The summed E-state index contributed by atoms with van der Waals surface area (Å²) in [6.45, 7) is 3.98. The molecule has 0 radical (unpaired) electrons. The Bertz CT molecular complexity index is 347. The van der Waals surface area contributed by atoms with Gasteiger partial charge in [0.15, 0.2) is 5.75 Å². The van der Waals surface area contributed by atoms with Crippen LogP contribution in [0.4, 0.5) is 5.69 Å². The van der Waals surface area contributed by atoms with Crippen molar-refractivity contribution in [2.75, 3.05) is 19.1 Å². The number of benzene rings is 1. The molecule has 0 amide bonds. The lowest BCUT2D eigenvalue weighted by atomic mass is 10.2. The molecule has 82 valence electrons. The van der Waals surface area contributed by atoms with Gasteiger partial charge in [-0.15, -0.1) is 0 Å². The molecule has 0 aliphatic rings. The topological polar surface area (TPSA) is 24.5 Å². The predicted octanol–water partition coefficient (Wildman–Crippen LogP) is 2.48. The van der Waals surface area contributed by atoms with E-state index in [0.717, 1.165) is 11.4 Å². The van der Waals surface area contributed by atoms with Crippen LogP contribution in [0.1, 0.15) is 12.5 Å². The zero-order valence-electron chi connectivity index (χ0n) is 9.74. The lowest BCUT2D eigenvalue weighted by Gasteiger charge is -2.20. The van der Waals surface area contributed by atoms with E-state index in [1.165, 1.54) is 5.56 Å². The standard InChI is InChI=1S/C12H18N2O/c1-5-8-15-12-9-10(2)6-7-11(12)14(4)13-3/h5-9,13H,1-4H3. The van der Waals surface area contributed by atoms with Crippen molar-refractivity contribution >= 4 is 5.69 Å². The summed E-state index contributed by atoms with van der Waals surface area (Å²) in [6.07, 6.45) is 3.55. The van der Waals surface area contributed by atoms with Gasteiger partial charge in [-0.1, -0.05) is 12.1 Å². The zero-order valence-corrected chi connectivity index (χ0v) is 9.74. The van der Waals surface area contributed by atoms with Gasteiger partial charge in [-0.2, -0.15) is 0 Å². The first-order chi connectivity index (χ1) is 7.19. The highest BCUT2D eigenvalue weighted by Crippen LogP contribution is 2.27. The van der Waals surface area contributed by atoms with Crippen LogP contribution < -0.4 is 15.2 Å². The smallest absolute Gasteiger partial charge is 0.151 e. The average Bonchev–Trinajstić information content (AvgIpc) is 2.25. The third-order valence-electron chi connectivity index (χ3n) is 2.14. The first-order valence-corrected chi connectivity index (χ1v) is 4.98. The van der Waals surface area contributed by atoms with E-state index in [0.29, 0.717) is 0 Å². The van der Waals surface area contributed by atoms with E-state index in [1.54, 1.807) is 6.26 Å². The Morgan fingerprint density at radius 3 is 2.73 bits per heavy atom. The van der Waals surface area contributed by atoms with E-state index in [1.807, 2.05) is 51.2 Å². The first kappa shape index (κ1) is 11.6. The SMILES string of the molecule is CC=COc1cc(C)ccc1N(C)NC. The molecule has 3 heteroatoms.